The summed E-state index contributed by atoms with van der Waals surface area (Å²) in [5, 5.41) is 3.38. The van der Waals surface area contributed by atoms with Gasteiger partial charge in [0, 0.05) is 13.1 Å². The number of aryl methyl sites for hydroxylation is 1. The van der Waals surface area contributed by atoms with Crippen LogP contribution in [0.5, 0.6) is 0 Å². The van der Waals surface area contributed by atoms with E-state index in [4.69, 9.17) is 0 Å². The van der Waals surface area contributed by atoms with Crippen molar-refractivity contribution in [3.63, 3.8) is 0 Å². The highest BCUT2D eigenvalue weighted by Crippen LogP contribution is 2.29. The van der Waals surface area contributed by atoms with E-state index < -0.39 is 11.7 Å². The van der Waals surface area contributed by atoms with E-state index in [2.05, 4.69) is 10.2 Å². The first-order valence-electron chi connectivity index (χ1n) is 7.65. The molecule has 5 heteroatoms. The monoisotopic (exact) mass is 300 g/mol. The van der Waals surface area contributed by atoms with Gasteiger partial charge in [-0.15, -0.1) is 0 Å². The van der Waals surface area contributed by atoms with Gasteiger partial charge in [0.25, 0.3) is 0 Å². The fourth-order valence-corrected chi connectivity index (χ4v) is 2.65. The van der Waals surface area contributed by atoms with Crippen LogP contribution in [0.15, 0.2) is 24.3 Å². The number of nitrogens with one attached hydrogen (secondary N) is 1. The number of hydrogen-bond donors (Lipinski definition) is 1. The summed E-state index contributed by atoms with van der Waals surface area (Å²) in [6.45, 7) is 5.48. The van der Waals surface area contributed by atoms with Crippen molar-refractivity contribution in [1.82, 2.24) is 10.2 Å². The number of benzene rings is 1. The third-order valence-corrected chi connectivity index (χ3v) is 3.90. The second-order valence-electron chi connectivity index (χ2n) is 5.60. The van der Waals surface area contributed by atoms with Crippen LogP contribution in [0.3, 0.4) is 0 Å². The summed E-state index contributed by atoms with van der Waals surface area (Å²) < 4.78 is 37.4. The molecule has 0 saturated carbocycles. The number of nitrogens with zero attached hydrogens (tertiary/aromatic N) is 1. The van der Waals surface area contributed by atoms with Gasteiger partial charge in [0.05, 0.1) is 5.56 Å². The average Bonchev–Trinajstić information content (AvgIpc) is 2.72. The number of hydrogen-bond acceptors (Lipinski definition) is 2. The standard InChI is InChI=1S/C16H23F3N2/c17-16(18,19)15-7-5-14(6-8-15)4-1-2-11-21-12-3-9-20-10-13-21/h5-8,20H,1-4,9-13H2. The van der Waals surface area contributed by atoms with Crippen LogP contribution >= 0.6 is 0 Å². The molecule has 0 unspecified atom stereocenters. The molecule has 0 aromatic heterocycles. The zero-order valence-electron chi connectivity index (χ0n) is 12.3. The molecule has 1 aromatic rings. The van der Waals surface area contributed by atoms with Gasteiger partial charge in [0.2, 0.25) is 0 Å². The molecule has 0 bridgehead atoms. The Morgan fingerprint density at radius 1 is 1.00 bits per heavy atom. The van der Waals surface area contributed by atoms with Crippen LogP contribution in [-0.4, -0.2) is 37.6 Å². The molecule has 2 rings (SSSR count). The first kappa shape index (κ1) is 16.3. The third kappa shape index (κ3) is 5.67. The highest BCUT2D eigenvalue weighted by molar-refractivity contribution is 5.24. The van der Waals surface area contributed by atoms with Crippen molar-refractivity contribution < 1.29 is 13.2 Å². The van der Waals surface area contributed by atoms with Crippen LogP contribution in [-0.2, 0) is 12.6 Å². The molecule has 21 heavy (non-hydrogen) atoms. The summed E-state index contributed by atoms with van der Waals surface area (Å²) in [5.41, 5.74) is 0.420. The average molecular weight is 300 g/mol. The minimum Gasteiger partial charge on any atom is -0.315 e. The van der Waals surface area contributed by atoms with E-state index in [9.17, 15) is 13.2 Å². The Morgan fingerprint density at radius 2 is 1.76 bits per heavy atom. The van der Waals surface area contributed by atoms with E-state index >= 15 is 0 Å². The molecule has 1 saturated heterocycles. The lowest BCUT2D eigenvalue weighted by Crippen LogP contribution is -2.29. The Labute approximate surface area is 124 Å². The number of unbranched alkanes of at least 4 members (excludes halogenated alkanes) is 1. The molecule has 0 atom stereocenters. The largest absolute Gasteiger partial charge is 0.416 e. The van der Waals surface area contributed by atoms with E-state index in [0.717, 1.165) is 57.5 Å². The summed E-state index contributed by atoms with van der Waals surface area (Å²) in [6.07, 6.45) is -0.0707. The zero-order valence-corrected chi connectivity index (χ0v) is 12.3. The van der Waals surface area contributed by atoms with Crippen molar-refractivity contribution in [2.24, 2.45) is 0 Å². The topological polar surface area (TPSA) is 15.3 Å². The predicted molar refractivity (Wildman–Crippen MR) is 78.3 cm³/mol. The molecule has 0 amide bonds. The van der Waals surface area contributed by atoms with Gasteiger partial charge in [-0.05, 0) is 63.0 Å². The predicted octanol–water partition coefficient (Wildman–Crippen LogP) is 3.32. The SMILES string of the molecule is FC(F)(F)c1ccc(CCCCN2CCCNCC2)cc1. The first-order valence-corrected chi connectivity index (χ1v) is 7.65. The fraction of sp³-hybridized carbons (Fsp3) is 0.625. The lowest BCUT2D eigenvalue weighted by atomic mass is 10.1. The lowest BCUT2D eigenvalue weighted by Gasteiger charge is -2.19. The summed E-state index contributed by atoms with van der Waals surface area (Å²) >= 11 is 0. The molecule has 1 N–H and O–H groups in total. The highest BCUT2D eigenvalue weighted by atomic mass is 19.4. The van der Waals surface area contributed by atoms with E-state index in [0.29, 0.717) is 0 Å². The normalized spacial score (nSPS) is 17.7. The molecule has 1 aliphatic heterocycles. The molecule has 1 aromatic carbocycles. The highest BCUT2D eigenvalue weighted by Gasteiger charge is 2.29. The van der Waals surface area contributed by atoms with Gasteiger partial charge in [-0.25, -0.2) is 0 Å². The van der Waals surface area contributed by atoms with Crippen LogP contribution in [0.25, 0.3) is 0 Å². The second-order valence-corrected chi connectivity index (χ2v) is 5.60. The Balaban J connectivity index is 1.68. The molecule has 1 fully saturated rings. The van der Waals surface area contributed by atoms with Crippen LogP contribution < -0.4 is 5.32 Å². The van der Waals surface area contributed by atoms with Crippen LogP contribution in [0.2, 0.25) is 0 Å². The molecule has 1 aliphatic rings. The smallest absolute Gasteiger partial charge is 0.315 e. The molecule has 0 spiro atoms. The van der Waals surface area contributed by atoms with Gasteiger partial charge in [-0.3, -0.25) is 0 Å². The third-order valence-electron chi connectivity index (χ3n) is 3.90. The van der Waals surface area contributed by atoms with Crippen molar-refractivity contribution in [3.05, 3.63) is 35.4 Å². The van der Waals surface area contributed by atoms with Gasteiger partial charge in [0.1, 0.15) is 0 Å². The van der Waals surface area contributed by atoms with Crippen molar-refractivity contribution in [2.45, 2.75) is 31.9 Å². The Kier molecular flexibility index (Phi) is 6.06. The summed E-state index contributed by atoms with van der Waals surface area (Å²) in [4.78, 5) is 2.47. The number of halogens is 3. The maximum Gasteiger partial charge on any atom is 0.416 e. The van der Waals surface area contributed by atoms with Gasteiger partial charge in [-0.2, -0.15) is 13.2 Å². The Morgan fingerprint density at radius 3 is 2.48 bits per heavy atom. The maximum absolute atomic E-state index is 12.5. The van der Waals surface area contributed by atoms with Crippen LogP contribution in [0.1, 0.15) is 30.4 Å². The van der Waals surface area contributed by atoms with Gasteiger partial charge in [-0.1, -0.05) is 12.1 Å². The van der Waals surface area contributed by atoms with E-state index in [1.54, 1.807) is 12.1 Å². The van der Waals surface area contributed by atoms with Gasteiger partial charge >= 0.3 is 6.18 Å². The maximum atomic E-state index is 12.5. The molecular weight excluding hydrogens is 277 g/mol. The molecule has 0 radical (unpaired) electrons. The molecule has 0 aliphatic carbocycles. The van der Waals surface area contributed by atoms with Crippen molar-refractivity contribution in [1.29, 1.82) is 0 Å². The number of rotatable bonds is 5. The Bertz CT molecular complexity index is 407. The van der Waals surface area contributed by atoms with Crippen molar-refractivity contribution in [3.8, 4) is 0 Å². The fourth-order valence-electron chi connectivity index (χ4n) is 2.65. The van der Waals surface area contributed by atoms with Crippen molar-refractivity contribution >= 4 is 0 Å². The summed E-state index contributed by atoms with van der Waals surface area (Å²) in [7, 11) is 0. The van der Waals surface area contributed by atoms with E-state index in [1.807, 2.05) is 0 Å². The first-order chi connectivity index (χ1) is 10.1. The quantitative estimate of drug-likeness (QED) is 0.839. The Hall–Kier alpha value is -1.07. The lowest BCUT2D eigenvalue weighted by molar-refractivity contribution is -0.137. The molecule has 1 heterocycles. The minimum absolute atomic E-state index is 0.566. The molecular formula is C16H23F3N2. The van der Waals surface area contributed by atoms with Gasteiger partial charge in [0.15, 0.2) is 0 Å². The van der Waals surface area contributed by atoms with Crippen LogP contribution in [0, 0.1) is 0 Å². The van der Waals surface area contributed by atoms with Crippen LogP contribution in [0.4, 0.5) is 13.2 Å². The van der Waals surface area contributed by atoms with E-state index in [1.165, 1.54) is 18.6 Å². The summed E-state index contributed by atoms with van der Waals surface area (Å²) in [5.74, 6) is 0. The van der Waals surface area contributed by atoms with E-state index in [-0.39, 0.29) is 0 Å². The minimum atomic E-state index is -4.24. The zero-order chi connectivity index (χ0) is 15.1. The van der Waals surface area contributed by atoms with Crippen molar-refractivity contribution in [2.75, 3.05) is 32.7 Å². The van der Waals surface area contributed by atoms with Gasteiger partial charge < -0.3 is 10.2 Å². The molecule has 2 nitrogen and oxygen atoms in total. The second kappa shape index (κ2) is 7.80. The molecule has 118 valence electrons. The summed E-state index contributed by atoms with van der Waals surface area (Å²) in [6, 6.07) is 5.54. The number of alkyl halides is 3.